The van der Waals surface area contributed by atoms with E-state index in [4.69, 9.17) is 0 Å². The molecule has 1 N–H and O–H groups in total. The van der Waals surface area contributed by atoms with Crippen LogP contribution in [0.3, 0.4) is 0 Å². The Hall–Kier alpha value is -2.90. The lowest BCUT2D eigenvalue weighted by atomic mass is 10.1. The number of hydrogen-bond acceptors (Lipinski definition) is 3. The first kappa shape index (κ1) is 15.5. The van der Waals surface area contributed by atoms with Crippen molar-refractivity contribution in [2.45, 2.75) is 6.18 Å². The monoisotopic (exact) mass is 310 g/mol. The molecule has 2 aromatic rings. The number of benzene rings is 2. The van der Waals surface area contributed by atoms with Gasteiger partial charge in [-0.05, 0) is 24.3 Å². The summed E-state index contributed by atoms with van der Waals surface area (Å²) >= 11 is 0. The second kappa shape index (κ2) is 5.84. The number of para-hydroxylation sites is 1. The van der Waals surface area contributed by atoms with Gasteiger partial charge in [0, 0.05) is 11.8 Å². The molecule has 5 nitrogen and oxygen atoms in total. The standard InChI is InChI=1S/C14H9F3N2O3/c15-14(16,17)9-4-3-5-10(8-9)18-13(20)11-6-1-2-7-12(11)19(21)22/h1-8H,(H,18,20). The minimum absolute atomic E-state index is 0.0991. The average Bonchev–Trinajstić information content (AvgIpc) is 2.46. The molecule has 0 bridgehead atoms. The van der Waals surface area contributed by atoms with E-state index in [0.29, 0.717) is 0 Å². The number of anilines is 1. The van der Waals surface area contributed by atoms with Crippen LogP contribution in [0.25, 0.3) is 0 Å². The lowest BCUT2D eigenvalue weighted by molar-refractivity contribution is -0.385. The molecule has 0 aliphatic carbocycles. The molecular weight excluding hydrogens is 301 g/mol. The smallest absolute Gasteiger partial charge is 0.322 e. The number of carbonyl (C=O) groups excluding carboxylic acids is 1. The number of nitrogens with one attached hydrogen (secondary N) is 1. The van der Waals surface area contributed by atoms with Crippen LogP contribution in [0.2, 0.25) is 0 Å². The van der Waals surface area contributed by atoms with Crippen LogP contribution in [0.4, 0.5) is 24.5 Å². The van der Waals surface area contributed by atoms with Gasteiger partial charge in [-0.2, -0.15) is 13.2 Å². The van der Waals surface area contributed by atoms with Crippen LogP contribution in [0.15, 0.2) is 48.5 Å². The van der Waals surface area contributed by atoms with Gasteiger partial charge in [0.25, 0.3) is 11.6 Å². The fourth-order valence-corrected chi connectivity index (χ4v) is 1.80. The zero-order chi connectivity index (χ0) is 16.3. The molecule has 0 aliphatic heterocycles. The summed E-state index contributed by atoms with van der Waals surface area (Å²) in [7, 11) is 0. The molecule has 1 amide bonds. The van der Waals surface area contributed by atoms with Crippen LogP contribution in [0, 0.1) is 10.1 Å². The highest BCUT2D eigenvalue weighted by Crippen LogP contribution is 2.31. The summed E-state index contributed by atoms with van der Waals surface area (Å²) < 4.78 is 37.8. The van der Waals surface area contributed by atoms with Gasteiger partial charge in [0.05, 0.1) is 10.5 Å². The Balaban J connectivity index is 2.29. The van der Waals surface area contributed by atoms with E-state index < -0.39 is 28.3 Å². The van der Waals surface area contributed by atoms with Gasteiger partial charge in [0.1, 0.15) is 5.56 Å². The number of alkyl halides is 3. The van der Waals surface area contributed by atoms with Gasteiger partial charge in [-0.3, -0.25) is 14.9 Å². The minimum atomic E-state index is -4.54. The molecule has 0 atom stereocenters. The number of nitro groups is 1. The van der Waals surface area contributed by atoms with Crippen LogP contribution in [0.5, 0.6) is 0 Å². The lowest BCUT2D eigenvalue weighted by Gasteiger charge is -2.10. The van der Waals surface area contributed by atoms with E-state index in [2.05, 4.69) is 5.32 Å². The summed E-state index contributed by atoms with van der Waals surface area (Å²) in [4.78, 5) is 22.1. The number of hydrogen-bond donors (Lipinski definition) is 1. The van der Waals surface area contributed by atoms with Gasteiger partial charge in [-0.1, -0.05) is 18.2 Å². The lowest BCUT2D eigenvalue weighted by Crippen LogP contribution is -2.14. The van der Waals surface area contributed by atoms with E-state index in [1.54, 1.807) is 0 Å². The van der Waals surface area contributed by atoms with Crippen molar-refractivity contribution in [3.8, 4) is 0 Å². The van der Waals surface area contributed by atoms with Crippen LogP contribution >= 0.6 is 0 Å². The molecule has 0 aliphatic rings. The molecule has 0 unspecified atom stereocenters. The van der Waals surface area contributed by atoms with Gasteiger partial charge < -0.3 is 5.32 Å². The SMILES string of the molecule is O=C(Nc1cccc(C(F)(F)F)c1)c1ccccc1[N+](=O)[O-]. The second-order valence-electron chi connectivity index (χ2n) is 4.31. The van der Waals surface area contributed by atoms with Gasteiger partial charge >= 0.3 is 6.18 Å². The first-order valence-electron chi connectivity index (χ1n) is 6.01. The van der Waals surface area contributed by atoms with Gasteiger partial charge in [0.15, 0.2) is 0 Å². The maximum absolute atomic E-state index is 12.6. The molecule has 0 saturated heterocycles. The summed E-state index contributed by atoms with van der Waals surface area (Å²) in [5, 5.41) is 13.1. The van der Waals surface area contributed by atoms with Gasteiger partial charge in [-0.25, -0.2) is 0 Å². The van der Waals surface area contributed by atoms with Crippen molar-refractivity contribution in [1.82, 2.24) is 0 Å². The topological polar surface area (TPSA) is 72.2 Å². The summed E-state index contributed by atoms with van der Waals surface area (Å²) in [5.41, 5.74) is -1.68. The summed E-state index contributed by atoms with van der Waals surface area (Å²) in [6.07, 6.45) is -4.54. The fraction of sp³-hybridized carbons (Fsp3) is 0.0714. The Morgan fingerprint density at radius 1 is 1.09 bits per heavy atom. The molecule has 22 heavy (non-hydrogen) atoms. The van der Waals surface area contributed by atoms with E-state index in [1.165, 1.54) is 24.3 Å². The highest BCUT2D eigenvalue weighted by molar-refractivity contribution is 6.07. The van der Waals surface area contributed by atoms with E-state index in [1.807, 2.05) is 0 Å². The molecule has 0 spiro atoms. The third-order valence-electron chi connectivity index (χ3n) is 2.79. The predicted molar refractivity (Wildman–Crippen MR) is 72.5 cm³/mol. The Labute approximate surface area is 122 Å². The zero-order valence-electron chi connectivity index (χ0n) is 10.9. The van der Waals surface area contributed by atoms with Crippen molar-refractivity contribution in [2.24, 2.45) is 0 Å². The van der Waals surface area contributed by atoms with Crippen molar-refractivity contribution in [3.05, 3.63) is 69.8 Å². The Bertz CT molecular complexity index is 729. The molecule has 0 heterocycles. The summed E-state index contributed by atoms with van der Waals surface area (Å²) in [5.74, 6) is -0.855. The van der Waals surface area contributed by atoms with Gasteiger partial charge in [-0.15, -0.1) is 0 Å². The van der Waals surface area contributed by atoms with Crippen LogP contribution in [-0.2, 0) is 6.18 Å². The third-order valence-corrected chi connectivity index (χ3v) is 2.79. The number of rotatable bonds is 3. The number of nitro benzene ring substituents is 1. The zero-order valence-corrected chi connectivity index (χ0v) is 10.9. The fourth-order valence-electron chi connectivity index (χ4n) is 1.80. The predicted octanol–water partition coefficient (Wildman–Crippen LogP) is 3.87. The largest absolute Gasteiger partial charge is 0.416 e. The van der Waals surface area contributed by atoms with Crippen molar-refractivity contribution >= 4 is 17.3 Å². The molecule has 0 aromatic heterocycles. The Morgan fingerprint density at radius 2 is 1.77 bits per heavy atom. The van der Waals surface area contributed by atoms with Crippen LogP contribution < -0.4 is 5.32 Å². The highest BCUT2D eigenvalue weighted by atomic mass is 19.4. The first-order valence-corrected chi connectivity index (χ1v) is 6.01. The summed E-state index contributed by atoms with van der Waals surface area (Å²) in [6.45, 7) is 0. The van der Waals surface area contributed by atoms with Crippen molar-refractivity contribution < 1.29 is 22.9 Å². The molecule has 8 heteroatoms. The number of halogens is 3. The molecule has 0 radical (unpaired) electrons. The maximum Gasteiger partial charge on any atom is 0.416 e. The molecular formula is C14H9F3N2O3. The molecule has 2 rings (SSSR count). The summed E-state index contributed by atoms with van der Waals surface area (Å²) in [6, 6.07) is 9.20. The Morgan fingerprint density at radius 3 is 2.41 bits per heavy atom. The van der Waals surface area contributed by atoms with Crippen molar-refractivity contribution in [2.75, 3.05) is 5.32 Å². The van der Waals surface area contributed by atoms with Crippen LogP contribution in [0.1, 0.15) is 15.9 Å². The van der Waals surface area contributed by atoms with Crippen LogP contribution in [-0.4, -0.2) is 10.8 Å². The normalized spacial score (nSPS) is 11.0. The quantitative estimate of drug-likeness (QED) is 0.691. The number of carbonyl (C=O) groups is 1. The third kappa shape index (κ3) is 3.40. The number of amides is 1. The van der Waals surface area contributed by atoms with Gasteiger partial charge in [0.2, 0.25) is 0 Å². The Kier molecular flexibility index (Phi) is 4.11. The van der Waals surface area contributed by atoms with Crippen molar-refractivity contribution in [3.63, 3.8) is 0 Å². The average molecular weight is 310 g/mol. The molecule has 0 fully saturated rings. The van der Waals surface area contributed by atoms with E-state index >= 15 is 0 Å². The van der Waals surface area contributed by atoms with E-state index in [-0.39, 0.29) is 11.3 Å². The molecule has 114 valence electrons. The first-order chi connectivity index (χ1) is 10.3. The van der Waals surface area contributed by atoms with E-state index in [9.17, 15) is 28.1 Å². The second-order valence-corrected chi connectivity index (χ2v) is 4.31. The molecule has 2 aromatic carbocycles. The van der Waals surface area contributed by atoms with E-state index in [0.717, 1.165) is 24.3 Å². The van der Waals surface area contributed by atoms with Crippen molar-refractivity contribution in [1.29, 1.82) is 0 Å². The highest BCUT2D eigenvalue weighted by Gasteiger charge is 2.30. The number of nitrogens with zero attached hydrogens (tertiary/aromatic N) is 1. The molecule has 0 saturated carbocycles. The minimum Gasteiger partial charge on any atom is -0.322 e. The maximum atomic E-state index is 12.6.